The Labute approximate surface area is 253 Å². The highest BCUT2D eigenvalue weighted by Crippen LogP contribution is 2.50. The Kier molecular flexibility index (Phi) is 5.25. The molecule has 0 atom stereocenters. The van der Waals surface area contributed by atoms with Crippen molar-refractivity contribution in [3.63, 3.8) is 0 Å². The van der Waals surface area contributed by atoms with E-state index in [1.54, 1.807) is 0 Å². The molecule has 0 N–H and O–H groups in total. The third kappa shape index (κ3) is 3.65. The molecule has 1 aliphatic heterocycles. The van der Waals surface area contributed by atoms with Gasteiger partial charge in [-0.3, -0.25) is 0 Å². The Hall–Kier alpha value is -5.38. The smallest absolute Gasteiger partial charge is 0.0720 e. The molecular formula is C40H26N2S. The minimum atomic E-state index is 1.00. The van der Waals surface area contributed by atoms with Gasteiger partial charge in [0.25, 0.3) is 0 Å². The first-order valence-corrected chi connectivity index (χ1v) is 15.4. The van der Waals surface area contributed by atoms with Crippen molar-refractivity contribution >= 4 is 82.7 Å². The zero-order valence-corrected chi connectivity index (χ0v) is 24.2. The van der Waals surface area contributed by atoms with Gasteiger partial charge in [0.1, 0.15) is 0 Å². The fourth-order valence-electron chi connectivity index (χ4n) is 6.67. The van der Waals surface area contributed by atoms with Gasteiger partial charge in [-0.15, -0.1) is 11.3 Å². The van der Waals surface area contributed by atoms with Crippen molar-refractivity contribution in [2.45, 2.75) is 0 Å². The molecule has 0 spiro atoms. The van der Waals surface area contributed by atoms with Gasteiger partial charge in [0.15, 0.2) is 0 Å². The average molecular weight is 567 g/mol. The molecule has 6 aromatic carbocycles. The lowest BCUT2D eigenvalue weighted by molar-refractivity contribution is 1.18. The molecule has 3 heteroatoms. The summed E-state index contributed by atoms with van der Waals surface area (Å²) in [6.45, 7) is 4.58. The quantitative estimate of drug-likeness (QED) is 0.202. The van der Waals surface area contributed by atoms with Crippen molar-refractivity contribution in [1.82, 2.24) is 4.57 Å². The summed E-state index contributed by atoms with van der Waals surface area (Å²) in [6.07, 6.45) is 4.42. The van der Waals surface area contributed by atoms with Gasteiger partial charge in [-0.05, 0) is 71.0 Å². The Morgan fingerprint density at radius 1 is 0.535 bits per heavy atom. The highest BCUT2D eigenvalue weighted by atomic mass is 32.1. The molecule has 9 rings (SSSR count). The average Bonchev–Trinajstić information content (AvgIpc) is 3.58. The van der Waals surface area contributed by atoms with Gasteiger partial charge in [-0.2, -0.15) is 0 Å². The minimum absolute atomic E-state index is 1.00. The molecule has 2 nitrogen and oxygen atoms in total. The molecule has 202 valence electrons. The van der Waals surface area contributed by atoms with Crippen molar-refractivity contribution in [3.05, 3.63) is 157 Å². The van der Waals surface area contributed by atoms with Crippen LogP contribution in [0, 0.1) is 0 Å². The number of para-hydroxylation sites is 2. The fraction of sp³-hybridized carbons (Fsp3) is 0. The normalized spacial score (nSPS) is 13.8. The van der Waals surface area contributed by atoms with E-state index in [-0.39, 0.29) is 0 Å². The molecule has 1 aliphatic rings. The summed E-state index contributed by atoms with van der Waals surface area (Å²) in [7, 11) is 0. The van der Waals surface area contributed by atoms with Crippen LogP contribution < -0.4 is 4.90 Å². The second-order valence-corrected chi connectivity index (χ2v) is 12.2. The number of aromatic nitrogens is 1. The lowest BCUT2D eigenvalue weighted by atomic mass is 9.97. The van der Waals surface area contributed by atoms with E-state index in [2.05, 4.69) is 162 Å². The van der Waals surface area contributed by atoms with Gasteiger partial charge < -0.3 is 9.47 Å². The number of anilines is 3. The molecule has 0 fully saturated rings. The predicted octanol–water partition coefficient (Wildman–Crippen LogP) is 11.7. The maximum atomic E-state index is 4.58. The summed E-state index contributed by atoms with van der Waals surface area (Å²) in [5.74, 6) is 0. The number of fused-ring (bicyclic) bond motifs is 8. The summed E-state index contributed by atoms with van der Waals surface area (Å²) in [5.41, 5.74) is 9.13. The molecule has 2 aromatic heterocycles. The first-order valence-electron chi connectivity index (χ1n) is 14.5. The Bertz CT molecular complexity index is 2420. The van der Waals surface area contributed by atoms with E-state index < -0.39 is 0 Å². The maximum absolute atomic E-state index is 4.58. The summed E-state index contributed by atoms with van der Waals surface area (Å²) in [6, 6.07) is 48.3. The van der Waals surface area contributed by atoms with Crippen LogP contribution >= 0.6 is 11.3 Å². The molecule has 3 heterocycles. The first-order chi connectivity index (χ1) is 21.2. The topological polar surface area (TPSA) is 8.17 Å². The number of rotatable bonds is 2. The van der Waals surface area contributed by atoms with Gasteiger partial charge in [-0.1, -0.05) is 97.6 Å². The molecule has 0 unspecified atom stereocenters. The molecule has 0 aliphatic carbocycles. The summed E-state index contributed by atoms with van der Waals surface area (Å²) < 4.78 is 3.70. The van der Waals surface area contributed by atoms with Crippen molar-refractivity contribution in [2.75, 3.05) is 4.90 Å². The van der Waals surface area contributed by atoms with Crippen molar-refractivity contribution in [3.8, 4) is 5.69 Å². The molecular weight excluding hydrogens is 541 g/mol. The SMILES string of the molecule is C=C1/C=C\c2sc3ccccc3c2N(c2ccccc2)c2cc3c(cc21)c1ccccc1n3-c1ccc2ccccc2c1. The van der Waals surface area contributed by atoms with Gasteiger partial charge in [0.2, 0.25) is 0 Å². The zero-order chi connectivity index (χ0) is 28.5. The molecule has 0 radical (unpaired) electrons. The van der Waals surface area contributed by atoms with Gasteiger partial charge in [-0.25, -0.2) is 0 Å². The fourth-order valence-corrected chi connectivity index (χ4v) is 7.76. The van der Waals surface area contributed by atoms with Gasteiger partial charge in [0.05, 0.1) is 27.3 Å². The summed E-state index contributed by atoms with van der Waals surface area (Å²) >= 11 is 1.83. The van der Waals surface area contributed by atoms with Crippen molar-refractivity contribution < 1.29 is 0 Å². The highest BCUT2D eigenvalue weighted by Gasteiger charge is 2.26. The van der Waals surface area contributed by atoms with Gasteiger partial charge in [0, 0.05) is 37.8 Å². The zero-order valence-electron chi connectivity index (χ0n) is 23.4. The standard InChI is InChI=1S/C40H26N2S/c1-26-19-22-39-40(32-16-8-10-18-38(32)43-39)42(29-13-3-2-4-14-29)36-25-37-34(24-33(26)36)31-15-7-9-17-35(31)41(37)30-21-20-27-11-5-6-12-28(27)23-30/h2-25H,1H2/b22-19-. The van der Waals surface area contributed by atoms with Gasteiger partial charge >= 0.3 is 0 Å². The molecule has 43 heavy (non-hydrogen) atoms. The van der Waals surface area contributed by atoms with Crippen LogP contribution in [0.25, 0.3) is 60.0 Å². The highest BCUT2D eigenvalue weighted by molar-refractivity contribution is 7.20. The van der Waals surface area contributed by atoms with E-state index in [0.29, 0.717) is 0 Å². The van der Waals surface area contributed by atoms with E-state index in [0.717, 1.165) is 28.2 Å². The number of benzene rings is 6. The number of hydrogen-bond acceptors (Lipinski definition) is 2. The number of thiophene rings is 1. The van der Waals surface area contributed by atoms with Crippen LogP contribution in [0.3, 0.4) is 0 Å². The molecule has 0 bridgehead atoms. The van der Waals surface area contributed by atoms with E-state index in [1.807, 2.05) is 11.3 Å². The van der Waals surface area contributed by atoms with Crippen LogP contribution in [0.4, 0.5) is 17.1 Å². The van der Waals surface area contributed by atoms with Crippen LogP contribution in [0.1, 0.15) is 10.4 Å². The van der Waals surface area contributed by atoms with E-state index in [9.17, 15) is 0 Å². The predicted molar refractivity (Wildman–Crippen MR) is 186 cm³/mol. The minimum Gasteiger partial charge on any atom is -0.309 e. The van der Waals surface area contributed by atoms with E-state index >= 15 is 0 Å². The Morgan fingerprint density at radius 3 is 2.16 bits per heavy atom. The van der Waals surface area contributed by atoms with Crippen LogP contribution in [-0.2, 0) is 0 Å². The van der Waals surface area contributed by atoms with Crippen molar-refractivity contribution in [2.24, 2.45) is 0 Å². The lowest BCUT2D eigenvalue weighted by Gasteiger charge is -2.30. The third-order valence-electron chi connectivity index (χ3n) is 8.64. The van der Waals surface area contributed by atoms with E-state index in [4.69, 9.17) is 0 Å². The maximum Gasteiger partial charge on any atom is 0.0720 e. The molecule has 0 amide bonds. The third-order valence-corrected chi connectivity index (χ3v) is 9.76. The summed E-state index contributed by atoms with van der Waals surface area (Å²) in [5, 5.41) is 6.19. The number of hydrogen-bond donors (Lipinski definition) is 0. The number of allylic oxidation sites excluding steroid dienone is 2. The van der Waals surface area contributed by atoms with Crippen LogP contribution in [-0.4, -0.2) is 4.57 Å². The Morgan fingerprint density at radius 2 is 1.28 bits per heavy atom. The summed E-state index contributed by atoms with van der Waals surface area (Å²) in [4.78, 5) is 3.67. The second kappa shape index (κ2) is 9.32. The van der Waals surface area contributed by atoms with Crippen molar-refractivity contribution in [1.29, 1.82) is 0 Å². The lowest BCUT2D eigenvalue weighted by Crippen LogP contribution is -2.13. The molecule has 0 saturated heterocycles. The number of nitrogens with zero attached hydrogens (tertiary/aromatic N) is 2. The van der Waals surface area contributed by atoms with Crippen LogP contribution in [0.15, 0.2) is 146 Å². The Balaban J connectivity index is 1.42. The largest absolute Gasteiger partial charge is 0.309 e. The molecule has 8 aromatic rings. The monoisotopic (exact) mass is 566 g/mol. The first kappa shape index (κ1) is 24.2. The van der Waals surface area contributed by atoms with E-state index in [1.165, 1.54) is 53.2 Å². The second-order valence-electron chi connectivity index (χ2n) is 11.1. The van der Waals surface area contributed by atoms with Crippen LogP contribution in [0.2, 0.25) is 0 Å². The van der Waals surface area contributed by atoms with Crippen LogP contribution in [0.5, 0.6) is 0 Å². The molecule has 0 saturated carbocycles.